The summed E-state index contributed by atoms with van der Waals surface area (Å²) in [6.45, 7) is 2.85. The van der Waals surface area contributed by atoms with E-state index in [1.54, 1.807) is 32.3 Å². The minimum Gasteiger partial charge on any atom is -0.495 e. The number of ether oxygens (including phenoxy) is 3. The Morgan fingerprint density at radius 3 is 2.31 bits per heavy atom. The van der Waals surface area contributed by atoms with E-state index in [1.165, 1.54) is 12.0 Å². The van der Waals surface area contributed by atoms with Gasteiger partial charge >= 0.3 is 0 Å². The molecule has 2 aromatic rings. The quantitative estimate of drug-likeness (QED) is 0.617. The largest absolute Gasteiger partial charge is 0.495 e. The molecule has 2 aromatic carbocycles. The molecule has 0 unspecified atom stereocenters. The van der Waals surface area contributed by atoms with Gasteiger partial charge in [-0.2, -0.15) is 0 Å². The second-order valence-electron chi connectivity index (χ2n) is 6.49. The highest BCUT2D eigenvalue weighted by atomic mass is 16.5. The molecule has 2 rings (SSSR count). The number of nitrogens with one attached hydrogen (secondary N) is 1. The topological polar surface area (TPSA) is 77.1 Å². The highest BCUT2D eigenvalue weighted by molar-refractivity contribution is 5.98. The standard InChI is InChI=1S/C22H28N2O5/c1-5-28-19-9-6-7-10-20(19)29-14-8-11-21(25)23-17-15-16(22(26)24(2)3)12-13-18(17)27-4/h6-7,9-10,12-13,15H,5,8,11,14H2,1-4H3,(H,23,25). The van der Waals surface area contributed by atoms with Gasteiger partial charge in [0.15, 0.2) is 11.5 Å². The van der Waals surface area contributed by atoms with E-state index in [1.807, 2.05) is 31.2 Å². The molecule has 1 N–H and O–H groups in total. The predicted molar refractivity (Wildman–Crippen MR) is 112 cm³/mol. The van der Waals surface area contributed by atoms with Crippen LogP contribution in [-0.2, 0) is 4.79 Å². The van der Waals surface area contributed by atoms with Crippen molar-refractivity contribution in [2.75, 3.05) is 39.7 Å². The van der Waals surface area contributed by atoms with E-state index in [0.29, 0.717) is 48.1 Å². The molecule has 0 radical (unpaired) electrons. The molecule has 0 saturated carbocycles. The number of hydrogen-bond acceptors (Lipinski definition) is 5. The van der Waals surface area contributed by atoms with Crippen molar-refractivity contribution in [3.05, 3.63) is 48.0 Å². The summed E-state index contributed by atoms with van der Waals surface area (Å²) >= 11 is 0. The summed E-state index contributed by atoms with van der Waals surface area (Å²) < 4.78 is 16.5. The molecule has 2 amide bonds. The van der Waals surface area contributed by atoms with E-state index in [-0.39, 0.29) is 18.2 Å². The second kappa shape index (κ2) is 10.9. The van der Waals surface area contributed by atoms with Crippen LogP contribution in [0.2, 0.25) is 0 Å². The van der Waals surface area contributed by atoms with Crippen LogP contribution < -0.4 is 19.5 Å². The van der Waals surface area contributed by atoms with Crippen LogP contribution in [0.3, 0.4) is 0 Å². The fraction of sp³-hybridized carbons (Fsp3) is 0.364. The first kappa shape index (κ1) is 22.1. The van der Waals surface area contributed by atoms with Crippen LogP contribution in [-0.4, -0.2) is 51.1 Å². The first-order chi connectivity index (χ1) is 14.0. The Labute approximate surface area is 171 Å². The summed E-state index contributed by atoms with van der Waals surface area (Å²) in [4.78, 5) is 26.0. The fourth-order valence-corrected chi connectivity index (χ4v) is 2.67. The number of carbonyl (C=O) groups excluding carboxylic acids is 2. The molecule has 0 fully saturated rings. The fourth-order valence-electron chi connectivity index (χ4n) is 2.67. The van der Waals surface area contributed by atoms with Crippen molar-refractivity contribution < 1.29 is 23.8 Å². The highest BCUT2D eigenvalue weighted by Crippen LogP contribution is 2.27. The third kappa shape index (κ3) is 6.41. The van der Waals surface area contributed by atoms with Crippen molar-refractivity contribution in [3.8, 4) is 17.2 Å². The van der Waals surface area contributed by atoms with Gasteiger partial charge in [0.05, 0.1) is 26.0 Å². The zero-order valence-corrected chi connectivity index (χ0v) is 17.4. The number of benzene rings is 2. The van der Waals surface area contributed by atoms with E-state index < -0.39 is 0 Å². The zero-order chi connectivity index (χ0) is 21.2. The number of para-hydroxylation sites is 2. The Morgan fingerprint density at radius 2 is 1.69 bits per heavy atom. The van der Waals surface area contributed by atoms with Gasteiger partial charge in [0.1, 0.15) is 5.75 Å². The predicted octanol–water partition coefficient (Wildman–Crippen LogP) is 3.59. The van der Waals surface area contributed by atoms with Crippen LogP contribution in [0.1, 0.15) is 30.1 Å². The molecule has 29 heavy (non-hydrogen) atoms. The van der Waals surface area contributed by atoms with E-state index in [0.717, 1.165) is 0 Å². The van der Waals surface area contributed by atoms with Gasteiger partial charge in [-0.1, -0.05) is 12.1 Å². The minimum absolute atomic E-state index is 0.149. The molecule has 7 heteroatoms. The maximum atomic E-state index is 12.3. The Morgan fingerprint density at radius 1 is 1.00 bits per heavy atom. The summed E-state index contributed by atoms with van der Waals surface area (Å²) in [6.07, 6.45) is 0.802. The van der Waals surface area contributed by atoms with Crippen LogP contribution >= 0.6 is 0 Å². The number of anilines is 1. The van der Waals surface area contributed by atoms with E-state index in [4.69, 9.17) is 14.2 Å². The summed E-state index contributed by atoms with van der Waals surface area (Å²) in [7, 11) is 4.87. The zero-order valence-electron chi connectivity index (χ0n) is 17.4. The highest BCUT2D eigenvalue weighted by Gasteiger charge is 2.14. The van der Waals surface area contributed by atoms with Crippen LogP contribution in [0.25, 0.3) is 0 Å². The molecule has 0 aliphatic carbocycles. The lowest BCUT2D eigenvalue weighted by atomic mass is 10.1. The average Bonchev–Trinajstić information content (AvgIpc) is 2.71. The third-order valence-electron chi connectivity index (χ3n) is 4.08. The summed E-state index contributed by atoms with van der Waals surface area (Å²) in [5, 5.41) is 2.81. The molecule has 0 aliphatic rings. The first-order valence-corrected chi connectivity index (χ1v) is 9.50. The Kier molecular flexibility index (Phi) is 8.33. The Balaban J connectivity index is 1.91. The van der Waals surface area contributed by atoms with Gasteiger partial charge in [-0.25, -0.2) is 0 Å². The first-order valence-electron chi connectivity index (χ1n) is 9.50. The monoisotopic (exact) mass is 400 g/mol. The van der Waals surface area contributed by atoms with Crippen LogP contribution in [0.5, 0.6) is 17.2 Å². The van der Waals surface area contributed by atoms with Crippen molar-refractivity contribution in [1.29, 1.82) is 0 Å². The third-order valence-corrected chi connectivity index (χ3v) is 4.08. The number of nitrogens with zero attached hydrogens (tertiary/aromatic N) is 1. The molecule has 0 atom stereocenters. The Hall–Kier alpha value is -3.22. The second-order valence-corrected chi connectivity index (χ2v) is 6.49. The van der Waals surface area contributed by atoms with E-state index in [9.17, 15) is 9.59 Å². The van der Waals surface area contributed by atoms with Crippen molar-refractivity contribution in [1.82, 2.24) is 4.90 Å². The minimum atomic E-state index is -0.181. The number of carbonyl (C=O) groups is 2. The summed E-state index contributed by atoms with van der Waals surface area (Å²) in [6, 6.07) is 12.4. The van der Waals surface area contributed by atoms with Crippen molar-refractivity contribution in [3.63, 3.8) is 0 Å². The summed E-state index contributed by atoms with van der Waals surface area (Å²) in [5.41, 5.74) is 0.940. The van der Waals surface area contributed by atoms with Gasteiger partial charge in [0, 0.05) is 26.1 Å². The van der Waals surface area contributed by atoms with Gasteiger partial charge in [-0.3, -0.25) is 9.59 Å². The SMILES string of the molecule is CCOc1ccccc1OCCCC(=O)Nc1cc(C(=O)N(C)C)ccc1OC. The molecule has 0 saturated heterocycles. The van der Waals surface area contributed by atoms with Crippen molar-refractivity contribution >= 4 is 17.5 Å². The van der Waals surface area contributed by atoms with Gasteiger partial charge < -0.3 is 24.4 Å². The summed E-state index contributed by atoms with van der Waals surface area (Å²) in [5.74, 6) is 1.51. The average molecular weight is 400 g/mol. The molecular formula is C22H28N2O5. The normalized spacial score (nSPS) is 10.2. The van der Waals surface area contributed by atoms with E-state index in [2.05, 4.69) is 5.32 Å². The Bertz CT molecular complexity index is 836. The number of amides is 2. The number of methoxy groups -OCH3 is 1. The maximum absolute atomic E-state index is 12.3. The lowest BCUT2D eigenvalue weighted by Crippen LogP contribution is -2.22. The lowest BCUT2D eigenvalue weighted by molar-refractivity contribution is -0.116. The smallest absolute Gasteiger partial charge is 0.253 e. The molecule has 0 aromatic heterocycles. The van der Waals surface area contributed by atoms with E-state index >= 15 is 0 Å². The number of hydrogen-bond donors (Lipinski definition) is 1. The lowest BCUT2D eigenvalue weighted by Gasteiger charge is -2.14. The maximum Gasteiger partial charge on any atom is 0.253 e. The molecule has 0 spiro atoms. The van der Waals surface area contributed by atoms with Gasteiger partial charge in [-0.05, 0) is 43.7 Å². The van der Waals surface area contributed by atoms with Crippen LogP contribution in [0.4, 0.5) is 5.69 Å². The van der Waals surface area contributed by atoms with Gasteiger partial charge in [-0.15, -0.1) is 0 Å². The molecule has 7 nitrogen and oxygen atoms in total. The molecule has 0 bridgehead atoms. The number of rotatable bonds is 10. The van der Waals surface area contributed by atoms with Crippen molar-refractivity contribution in [2.24, 2.45) is 0 Å². The van der Waals surface area contributed by atoms with Crippen LogP contribution in [0.15, 0.2) is 42.5 Å². The molecular weight excluding hydrogens is 372 g/mol. The van der Waals surface area contributed by atoms with Gasteiger partial charge in [0.25, 0.3) is 5.91 Å². The van der Waals surface area contributed by atoms with Gasteiger partial charge in [0.2, 0.25) is 5.91 Å². The molecule has 0 aliphatic heterocycles. The molecule has 156 valence electrons. The van der Waals surface area contributed by atoms with Crippen molar-refractivity contribution in [2.45, 2.75) is 19.8 Å². The van der Waals surface area contributed by atoms with Crippen LogP contribution in [0, 0.1) is 0 Å². The molecule has 0 heterocycles.